The van der Waals surface area contributed by atoms with Gasteiger partial charge in [0.25, 0.3) is 0 Å². The molecule has 2 fully saturated rings. The van der Waals surface area contributed by atoms with E-state index in [1.807, 2.05) is 0 Å². The Kier molecular flexibility index (Phi) is 5.89. The van der Waals surface area contributed by atoms with E-state index in [4.69, 9.17) is 4.74 Å². The fraction of sp³-hybridized carbons (Fsp3) is 0.286. The maximum Gasteiger partial charge on any atom is 0.414 e. The molecule has 2 atom stereocenters. The van der Waals surface area contributed by atoms with Crippen LogP contribution in [0.25, 0.3) is 0 Å². The lowest BCUT2D eigenvalue weighted by molar-refractivity contribution is -0.126. The molecule has 2 saturated heterocycles. The fourth-order valence-electron chi connectivity index (χ4n) is 3.36. The van der Waals surface area contributed by atoms with Gasteiger partial charge < -0.3 is 15.4 Å². The molecule has 0 aromatic heterocycles. The van der Waals surface area contributed by atoms with Crippen LogP contribution in [0.15, 0.2) is 48.5 Å². The van der Waals surface area contributed by atoms with Crippen LogP contribution in [0.4, 0.5) is 20.6 Å². The number of amides is 3. The average molecular weight is 429 g/mol. The molecule has 2 aliphatic rings. The fourth-order valence-corrected chi connectivity index (χ4v) is 4.54. The van der Waals surface area contributed by atoms with E-state index >= 15 is 0 Å². The van der Waals surface area contributed by atoms with E-state index in [9.17, 15) is 18.8 Å². The van der Waals surface area contributed by atoms with Crippen LogP contribution in [0, 0.1) is 5.82 Å². The number of nitrogens with zero attached hydrogens (tertiary/aromatic N) is 1. The molecule has 0 spiro atoms. The second-order valence-electron chi connectivity index (χ2n) is 6.98. The van der Waals surface area contributed by atoms with Crippen molar-refractivity contribution >= 4 is 41.0 Å². The quantitative estimate of drug-likeness (QED) is 0.763. The molecule has 2 aromatic carbocycles. The van der Waals surface area contributed by atoms with Crippen LogP contribution < -0.4 is 15.5 Å². The standard InChI is InChI=1S/C21H20FN3O4S/c22-16-7-2-1-4-13(16)10-18-20(27)24-17(12-30-18)19(26)23-14-5-3-6-15(11-14)25-8-9-29-21(25)28/h1-7,11,17-18H,8-10,12H2,(H,23,26)(H,24,27)/t17-,18+/m0/s1. The molecule has 0 aliphatic carbocycles. The Balaban J connectivity index is 1.36. The zero-order valence-electron chi connectivity index (χ0n) is 16.0. The summed E-state index contributed by atoms with van der Waals surface area (Å²) in [5, 5.41) is 5.05. The van der Waals surface area contributed by atoms with E-state index in [-0.39, 0.29) is 24.1 Å². The number of hydrogen-bond acceptors (Lipinski definition) is 5. The van der Waals surface area contributed by atoms with E-state index < -0.39 is 17.4 Å². The van der Waals surface area contributed by atoms with Crippen LogP contribution in [-0.4, -0.2) is 48.1 Å². The van der Waals surface area contributed by atoms with Gasteiger partial charge in [-0.1, -0.05) is 24.3 Å². The van der Waals surface area contributed by atoms with Gasteiger partial charge in [-0.2, -0.15) is 0 Å². The highest BCUT2D eigenvalue weighted by atomic mass is 32.2. The number of cyclic esters (lactones) is 1. The van der Waals surface area contributed by atoms with Crippen LogP contribution in [0.5, 0.6) is 0 Å². The van der Waals surface area contributed by atoms with Gasteiger partial charge in [0.15, 0.2) is 0 Å². The van der Waals surface area contributed by atoms with Gasteiger partial charge in [0.1, 0.15) is 18.5 Å². The molecule has 2 aromatic rings. The van der Waals surface area contributed by atoms with E-state index in [1.165, 1.54) is 22.7 Å². The zero-order chi connectivity index (χ0) is 21.1. The molecule has 0 radical (unpaired) electrons. The van der Waals surface area contributed by atoms with Crippen molar-refractivity contribution in [3.8, 4) is 0 Å². The van der Waals surface area contributed by atoms with E-state index in [1.54, 1.807) is 42.5 Å². The summed E-state index contributed by atoms with van der Waals surface area (Å²) in [6, 6.07) is 12.6. The van der Waals surface area contributed by atoms with Crippen molar-refractivity contribution < 1.29 is 23.5 Å². The molecule has 0 bridgehead atoms. The minimum Gasteiger partial charge on any atom is -0.447 e. The molecule has 4 rings (SSSR count). The molecular weight excluding hydrogens is 409 g/mol. The topological polar surface area (TPSA) is 87.7 Å². The number of benzene rings is 2. The van der Waals surface area contributed by atoms with Crippen molar-refractivity contribution in [3.05, 3.63) is 59.9 Å². The number of ether oxygens (including phenoxy) is 1. The highest BCUT2D eigenvalue weighted by Crippen LogP contribution is 2.25. The van der Waals surface area contributed by atoms with Crippen LogP contribution in [0.1, 0.15) is 5.56 Å². The van der Waals surface area contributed by atoms with Gasteiger partial charge in [-0.25, -0.2) is 9.18 Å². The first-order chi connectivity index (χ1) is 14.5. The summed E-state index contributed by atoms with van der Waals surface area (Å²) < 4.78 is 18.8. The molecule has 0 unspecified atom stereocenters. The first-order valence-corrected chi connectivity index (χ1v) is 10.6. The molecule has 2 N–H and O–H groups in total. The molecule has 30 heavy (non-hydrogen) atoms. The summed E-state index contributed by atoms with van der Waals surface area (Å²) in [6.45, 7) is 0.781. The summed E-state index contributed by atoms with van der Waals surface area (Å²) in [6.07, 6.45) is -0.152. The highest BCUT2D eigenvalue weighted by molar-refractivity contribution is 8.00. The van der Waals surface area contributed by atoms with Gasteiger partial charge in [0.2, 0.25) is 11.8 Å². The van der Waals surface area contributed by atoms with Crippen LogP contribution in [-0.2, 0) is 20.7 Å². The summed E-state index contributed by atoms with van der Waals surface area (Å²) in [5.41, 5.74) is 1.62. The number of halogens is 1. The Morgan fingerprint density at radius 3 is 2.80 bits per heavy atom. The van der Waals surface area contributed by atoms with Crippen molar-refractivity contribution in [1.82, 2.24) is 5.32 Å². The first kappa shape index (κ1) is 20.2. The normalized spacial score (nSPS) is 21.2. The molecule has 2 heterocycles. The smallest absolute Gasteiger partial charge is 0.414 e. The van der Waals surface area contributed by atoms with Gasteiger partial charge >= 0.3 is 6.09 Å². The van der Waals surface area contributed by atoms with Gasteiger partial charge in [0, 0.05) is 17.1 Å². The third kappa shape index (κ3) is 4.40. The predicted octanol–water partition coefficient (Wildman–Crippen LogP) is 2.56. The second kappa shape index (κ2) is 8.74. The van der Waals surface area contributed by atoms with Gasteiger partial charge in [0.05, 0.1) is 11.8 Å². The monoisotopic (exact) mass is 429 g/mol. The number of carbonyl (C=O) groups excluding carboxylic acids is 3. The average Bonchev–Trinajstić information content (AvgIpc) is 3.17. The van der Waals surface area contributed by atoms with Gasteiger partial charge in [-0.3, -0.25) is 14.5 Å². The number of anilines is 2. The van der Waals surface area contributed by atoms with Crippen molar-refractivity contribution in [2.45, 2.75) is 17.7 Å². The molecule has 3 amide bonds. The Hall–Kier alpha value is -3.07. The third-order valence-corrected chi connectivity index (χ3v) is 6.25. The van der Waals surface area contributed by atoms with Crippen molar-refractivity contribution in [2.75, 3.05) is 29.1 Å². The Morgan fingerprint density at radius 1 is 1.23 bits per heavy atom. The van der Waals surface area contributed by atoms with Crippen LogP contribution >= 0.6 is 11.8 Å². The molecule has 2 aliphatic heterocycles. The number of rotatable bonds is 5. The highest BCUT2D eigenvalue weighted by Gasteiger charge is 2.33. The summed E-state index contributed by atoms with van der Waals surface area (Å²) in [4.78, 5) is 38.3. The van der Waals surface area contributed by atoms with E-state index in [0.29, 0.717) is 35.8 Å². The van der Waals surface area contributed by atoms with Crippen molar-refractivity contribution in [3.63, 3.8) is 0 Å². The Labute approximate surface area is 177 Å². The minimum atomic E-state index is -0.695. The van der Waals surface area contributed by atoms with Gasteiger partial charge in [-0.15, -0.1) is 11.8 Å². The van der Waals surface area contributed by atoms with Gasteiger partial charge in [-0.05, 0) is 36.2 Å². The maximum absolute atomic E-state index is 13.9. The number of carbonyl (C=O) groups is 3. The molecule has 7 nitrogen and oxygen atoms in total. The summed E-state index contributed by atoms with van der Waals surface area (Å²) >= 11 is 1.34. The lowest BCUT2D eigenvalue weighted by Crippen LogP contribution is -2.52. The van der Waals surface area contributed by atoms with Crippen molar-refractivity contribution in [2.24, 2.45) is 0 Å². The van der Waals surface area contributed by atoms with E-state index in [2.05, 4.69) is 10.6 Å². The third-order valence-electron chi connectivity index (χ3n) is 4.94. The molecule has 0 saturated carbocycles. The first-order valence-electron chi connectivity index (χ1n) is 9.52. The molecule has 156 valence electrons. The zero-order valence-corrected chi connectivity index (χ0v) is 16.8. The number of thioether (sulfide) groups is 1. The van der Waals surface area contributed by atoms with E-state index in [0.717, 1.165) is 0 Å². The van der Waals surface area contributed by atoms with Crippen LogP contribution in [0.3, 0.4) is 0 Å². The Bertz CT molecular complexity index is 986. The lowest BCUT2D eigenvalue weighted by Gasteiger charge is -2.28. The molecular formula is C21H20FN3O4S. The molecule has 9 heteroatoms. The SMILES string of the molecule is O=C(Nc1cccc(N2CCOC2=O)c1)[C@@H]1CS[C@H](Cc2ccccc2F)C(=O)N1. The Morgan fingerprint density at radius 2 is 2.07 bits per heavy atom. The minimum absolute atomic E-state index is 0.269. The van der Waals surface area contributed by atoms with Crippen LogP contribution in [0.2, 0.25) is 0 Å². The largest absolute Gasteiger partial charge is 0.447 e. The maximum atomic E-state index is 13.9. The number of hydrogen-bond donors (Lipinski definition) is 2. The summed E-state index contributed by atoms with van der Waals surface area (Å²) in [7, 11) is 0. The second-order valence-corrected chi connectivity index (χ2v) is 8.22. The number of nitrogens with one attached hydrogen (secondary N) is 2. The van der Waals surface area contributed by atoms with Crippen molar-refractivity contribution in [1.29, 1.82) is 0 Å². The summed E-state index contributed by atoms with van der Waals surface area (Å²) in [5.74, 6) is -0.591. The lowest BCUT2D eigenvalue weighted by atomic mass is 10.1. The predicted molar refractivity (Wildman–Crippen MR) is 112 cm³/mol.